The van der Waals surface area contributed by atoms with Crippen LogP contribution in [-0.4, -0.2) is 29.6 Å². The summed E-state index contributed by atoms with van der Waals surface area (Å²) in [6, 6.07) is 21.7. The van der Waals surface area contributed by atoms with Crippen LogP contribution in [0.1, 0.15) is 5.56 Å². The second-order valence-electron chi connectivity index (χ2n) is 6.48. The molecule has 3 aromatic carbocycles. The molecule has 0 saturated carbocycles. The van der Waals surface area contributed by atoms with Gasteiger partial charge in [-0.1, -0.05) is 54.6 Å². The monoisotopic (exact) mass is 400 g/mol. The van der Waals surface area contributed by atoms with Crippen LogP contribution in [-0.2, 0) is 4.79 Å². The molecule has 4 rings (SSSR count). The van der Waals surface area contributed by atoms with Crippen LogP contribution < -0.4 is 4.74 Å². The van der Waals surface area contributed by atoms with Crippen LogP contribution in [0.15, 0.2) is 89.3 Å². The van der Waals surface area contributed by atoms with Gasteiger partial charge in [0, 0.05) is 11.9 Å². The molecule has 1 amide bonds. The number of hydrogen-bond donors (Lipinski definition) is 0. The molecule has 29 heavy (non-hydrogen) atoms. The van der Waals surface area contributed by atoms with Gasteiger partial charge in [-0.15, -0.1) is 6.58 Å². The number of ether oxygens (including phenoxy) is 1. The van der Waals surface area contributed by atoms with Gasteiger partial charge in [-0.3, -0.25) is 9.69 Å². The lowest BCUT2D eigenvalue weighted by atomic mass is 10.1. The Morgan fingerprint density at radius 3 is 2.59 bits per heavy atom. The van der Waals surface area contributed by atoms with E-state index in [1.165, 1.54) is 11.8 Å². The molecule has 0 spiro atoms. The number of benzene rings is 3. The number of carbonyl (C=O) groups is 1. The van der Waals surface area contributed by atoms with Crippen LogP contribution in [0.2, 0.25) is 0 Å². The van der Waals surface area contributed by atoms with E-state index < -0.39 is 0 Å². The maximum Gasteiger partial charge on any atom is 0.267 e. The topological polar surface area (TPSA) is 41.9 Å². The molecule has 144 valence electrons. The van der Waals surface area contributed by atoms with E-state index in [4.69, 9.17) is 9.73 Å². The number of thioether (sulfide) groups is 1. The summed E-state index contributed by atoms with van der Waals surface area (Å²) in [5.74, 6) is 0.716. The molecule has 1 aliphatic rings. The Bertz CT molecular complexity index is 1130. The Morgan fingerprint density at radius 1 is 1.07 bits per heavy atom. The standard InChI is InChI=1S/C24H20N2O2S/c1-3-15-26-23(27)22(16-17-11-13-19(28-2)14-12-17)29-24(26)25-21-10-6-8-18-7-4-5-9-20(18)21/h3-14,16H,1,15H2,2H3. The van der Waals surface area contributed by atoms with Crippen molar-refractivity contribution in [2.45, 2.75) is 0 Å². The van der Waals surface area contributed by atoms with E-state index in [1.54, 1.807) is 18.1 Å². The first-order chi connectivity index (χ1) is 14.2. The maximum atomic E-state index is 13.0. The van der Waals surface area contributed by atoms with Crippen molar-refractivity contribution < 1.29 is 9.53 Å². The number of rotatable bonds is 5. The van der Waals surface area contributed by atoms with Gasteiger partial charge in [-0.05, 0) is 47.0 Å². The van der Waals surface area contributed by atoms with Gasteiger partial charge in [-0.2, -0.15) is 0 Å². The van der Waals surface area contributed by atoms with Gasteiger partial charge in [0.15, 0.2) is 5.17 Å². The molecule has 1 heterocycles. The molecule has 0 unspecified atom stereocenters. The second kappa shape index (κ2) is 8.37. The van der Waals surface area contributed by atoms with Crippen molar-refractivity contribution in [1.29, 1.82) is 0 Å². The number of amidine groups is 1. The Balaban J connectivity index is 1.72. The lowest BCUT2D eigenvalue weighted by Gasteiger charge is -2.13. The quantitative estimate of drug-likeness (QED) is 0.411. The number of methoxy groups -OCH3 is 1. The van der Waals surface area contributed by atoms with Crippen molar-refractivity contribution in [2.75, 3.05) is 13.7 Å². The van der Waals surface area contributed by atoms with Crippen LogP contribution in [0, 0.1) is 0 Å². The van der Waals surface area contributed by atoms with E-state index >= 15 is 0 Å². The maximum absolute atomic E-state index is 13.0. The largest absolute Gasteiger partial charge is 0.497 e. The first-order valence-electron chi connectivity index (χ1n) is 9.22. The molecule has 5 heteroatoms. The number of carbonyl (C=O) groups excluding carboxylic acids is 1. The van der Waals surface area contributed by atoms with Gasteiger partial charge < -0.3 is 4.74 Å². The molecule has 4 nitrogen and oxygen atoms in total. The van der Waals surface area contributed by atoms with Crippen molar-refractivity contribution in [3.63, 3.8) is 0 Å². The summed E-state index contributed by atoms with van der Waals surface area (Å²) in [5.41, 5.74) is 1.78. The number of aliphatic imine (C=N–C) groups is 1. The molecule has 0 N–H and O–H groups in total. The SMILES string of the molecule is C=CCN1C(=O)C(=Cc2ccc(OC)cc2)SC1=Nc1cccc2ccccc12. The molecule has 0 bridgehead atoms. The minimum Gasteiger partial charge on any atom is -0.497 e. The summed E-state index contributed by atoms with van der Waals surface area (Å²) in [6.07, 6.45) is 3.60. The molecule has 0 aliphatic carbocycles. The van der Waals surface area contributed by atoms with Crippen LogP contribution in [0.25, 0.3) is 16.8 Å². The molecule has 1 fully saturated rings. The van der Waals surface area contributed by atoms with Crippen molar-refractivity contribution in [1.82, 2.24) is 4.90 Å². The molecule has 0 radical (unpaired) electrons. The Labute approximate surface area is 174 Å². The summed E-state index contributed by atoms with van der Waals surface area (Å²) in [5, 5.41) is 2.83. The molecule has 0 atom stereocenters. The highest BCUT2D eigenvalue weighted by Crippen LogP contribution is 2.35. The third-order valence-electron chi connectivity index (χ3n) is 4.60. The number of nitrogens with zero attached hydrogens (tertiary/aromatic N) is 2. The van der Waals surface area contributed by atoms with Gasteiger partial charge in [0.2, 0.25) is 0 Å². The summed E-state index contributed by atoms with van der Waals surface area (Å²) >= 11 is 1.38. The fraction of sp³-hybridized carbons (Fsp3) is 0.0833. The zero-order chi connectivity index (χ0) is 20.2. The van der Waals surface area contributed by atoms with Gasteiger partial charge in [-0.25, -0.2) is 4.99 Å². The Morgan fingerprint density at radius 2 is 1.83 bits per heavy atom. The first kappa shape index (κ1) is 19.0. The lowest BCUT2D eigenvalue weighted by Crippen LogP contribution is -2.29. The summed E-state index contributed by atoms with van der Waals surface area (Å²) < 4.78 is 5.20. The number of amides is 1. The predicted octanol–water partition coefficient (Wildman–Crippen LogP) is 5.64. The smallest absolute Gasteiger partial charge is 0.267 e. The number of hydrogen-bond acceptors (Lipinski definition) is 4. The normalized spacial score (nSPS) is 16.7. The average molecular weight is 401 g/mol. The molecule has 1 aliphatic heterocycles. The Hall–Kier alpha value is -3.31. The van der Waals surface area contributed by atoms with Crippen molar-refractivity contribution in [3.8, 4) is 5.75 Å². The van der Waals surface area contributed by atoms with Gasteiger partial charge >= 0.3 is 0 Å². The summed E-state index contributed by atoms with van der Waals surface area (Å²) in [7, 11) is 1.63. The van der Waals surface area contributed by atoms with Gasteiger partial charge in [0.1, 0.15) is 5.75 Å². The Kier molecular flexibility index (Phi) is 5.49. The van der Waals surface area contributed by atoms with E-state index in [-0.39, 0.29) is 5.91 Å². The molecule has 0 aromatic heterocycles. The van der Waals surface area contributed by atoms with Crippen molar-refractivity contribution in [2.24, 2.45) is 4.99 Å². The first-order valence-corrected chi connectivity index (χ1v) is 10.0. The van der Waals surface area contributed by atoms with Crippen LogP contribution in [0.3, 0.4) is 0 Å². The zero-order valence-electron chi connectivity index (χ0n) is 16.0. The van der Waals surface area contributed by atoms with Gasteiger partial charge in [0.05, 0.1) is 17.7 Å². The second-order valence-corrected chi connectivity index (χ2v) is 7.49. The van der Waals surface area contributed by atoms with E-state index in [2.05, 4.69) is 18.7 Å². The van der Waals surface area contributed by atoms with Crippen molar-refractivity contribution >= 4 is 45.4 Å². The highest BCUT2D eigenvalue weighted by molar-refractivity contribution is 8.18. The molecule has 3 aromatic rings. The minimum absolute atomic E-state index is 0.0651. The van der Waals surface area contributed by atoms with Crippen LogP contribution in [0.5, 0.6) is 5.75 Å². The van der Waals surface area contributed by atoms with Crippen LogP contribution >= 0.6 is 11.8 Å². The van der Waals surface area contributed by atoms with E-state index in [1.807, 2.05) is 60.7 Å². The minimum atomic E-state index is -0.0651. The zero-order valence-corrected chi connectivity index (χ0v) is 16.9. The number of fused-ring (bicyclic) bond motifs is 1. The third-order valence-corrected chi connectivity index (χ3v) is 5.60. The highest BCUT2D eigenvalue weighted by Gasteiger charge is 2.32. The summed E-state index contributed by atoms with van der Waals surface area (Å²) in [4.78, 5) is 20.1. The molecule has 1 saturated heterocycles. The summed E-state index contributed by atoms with van der Waals surface area (Å²) in [6.45, 7) is 4.20. The van der Waals surface area contributed by atoms with Gasteiger partial charge in [0.25, 0.3) is 5.91 Å². The predicted molar refractivity (Wildman–Crippen MR) is 122 cm³/mol. The fourth-order valence-corrected chi connectivity index (χ4v) is 4.14. The van der Waals surface area contributed by atoms with Crippen molar-refractivity contribution in [3.05, 3.63) is 89.9 Å². The molecular formula is C24H20N2O2S. The van der Waals surface area contributed by atoms with E-state index in [0.717, 1.165) is 27.8 Å². The molecular weight excluding hydrogens is 380 g/mol. The average Bonchev–Trinajstić information content (AvgIpc) is 3.04. The van der Waals surface area contributed by atoms with E-state index in [9.17, 15) is 4.79 Å². The van der Waals surface area contributed by atoms with E-state index in [0.29, 0.717) is 16.6 Å². The fourth-order valence-electron chi connectivity index (χ4n) is 3.14. The highest BCUT2D eigenvalue weighted by atomic mass is 32.2. The third kappa shape index (κ3) is 3.96. The lowest BCUT2D eigenvalue weighted by molar-refractivity contribution is -0.121. The van der Waals surface area contributed by atoms with Crippen LogP contribution in [0.4, 0.5) is 5.69 Å².